The van der Waals surface area contributed by atoms with Crippen molar-refractivity contribution in [1.82, 2.24) is 0 Å². The van der Waals surface area contributed by atoms with Gasteiger partial charge in [-0.05, 0) is 42.6 Å². The molecule has 0 aliphatic heterocycles. The Labute approximate surface area is 175 Å². The van der Waals surface area contributed by atoms with E-state index in [0.29, 0.717) is 17.8 Å². The molecule has 6 nitrogen and oxygen atoms in total. The summed E-state index contributed by atoms with van der Waals surface area (Å²) >= 11 is 0. The average molecular weight is 404 g/mol. The molecule has 0 heterocycles. The molecule has 0 saturated heterocycles. The molecule has 0 saturated carbocycles. The number of nitrogens with zero attached hydrogens (tertiary/aromatic N) is 1. The van der Waals surface area contributed by atoms with Crippen LogP contribution in [0.2, 0.25) is 0 Å². The average Bonchev–Trinajstić information content (AvgIpc) is 2.78. The van der Waals surface area contributed by atoms with Gasteiger partial charge in [0.25, 0.3) is 5.91 Å². The van der Waals surface area contributed by atoms with Crippen LogP contribution >= 0.6 is 0 Å². The van der Waals surface area contributed by atoms with E-state index in [4.69, 9.17) is 0 Å². The molecule has 3 rings (SSSR count). The lowest BCUT2D eigenvalue weighted by Gasteiger charge is -2.23. The minimum absolute atomic E-state index is 0.0232. The van der Waals surface area contributed by atoms with Crippen LogP contribution in [-0.2, 0) is 14.3 Å². The lowest BCUT2D eigenvalue weighted by atomic mass is 10.1. The molecule has 6 heteroatoms. The maximum Gasteiger partial charge on any atom is 0.306 e. The van der Waals surface area contributed by atoms with Gasteiger partial charge in [-0.25, -0.2) is 0 Å². The Morgan fingerprint density at radius 2 is 1.60 bits per heavy atom. The molecule has 2 amide bonds. The van der Waals surface area contributed by atoms with Crippen LogP contribution in [0.4, 0.5) is 11.4 Å². The Bertz CT molecular complexity index is 1050. The van der Waals surface area contributed by atoms with E-state index in [1.807, 2.05) is 49.4 Å². The molecule has 0 aromatic heterocycles. The lowest BCUT2D eigenvalue weighted by molar-refractivity contribution is -0.141. The summed E-state index contributed by atoms with van der Waals surface area (Å²) in [5.41, 5.74) is 1.95. The van der Waals surface area contributed by atoms with Crippen LogP contribution in [-0.4, -0.2) is 31.4 Å². The maximum absolute atomic E-state index is 13.2. The number of anilines is 2. The third-order valence-corrected chi connectivity index (χ3v) is 4.82. The van der Waals surface area contributed by atoms with Crippen LogP contribution in [0.1, 0.15) is 30.1 Å². The summed E-state index contributed by atoms with van der Waals surface area (Å²) < 4.78 is 4.53. The fourth-order valence-corrected chi connectivity index (χ4v) is 3.26. The summed E-state index contributed by atoms with van der Waals surface area (Å²) in [5.74, 6) is -0.831. The monoisotopic (exact) mass is 404 g/mol. The standard InChI is InChI=1S/C24H24N2O4/c1-3-26(21-10-6-8-17-7-4-5-9-20(17)21)24(29)18-11-13-19(14-12-18)25-22(27)15-16-23(28)30-2/h4-14H,3,15-16H2,1-2H3,(H,25,27). The van der Waals surface area contributed by atoms with Crippen molar-refractivity contribution in [1.29, 1.82) is 0 Å². The van der Waals surface area contributed by atoms with Crippen LogP contribution in [0, 0.1) is 0 Å². The van der Waals surface area contributed by atoms with E-state index >= 15 is 0 Å². The second kappa shape index (κ2) is 9.69. The summed E-state index contributed by atoms with van der Waals surface area (Å²) in [6.45, 7) is 2.47. The van der Waals surface area contributed by atoms with Gasteiger partial charge >= 0.3 is 5.97 Å². The molecule has 30 heavy (non-hydrogen) atoms. The fourth-order valence-electron chi connectivity index (χ4n) is 3.26. The van der Waals surface area contributed by atoms with Gasteiger partial charge in [-0.15, -0.1) is 0 Å². The van der Waals surface area contributed by atoms with Gasteiger partial charge in [-0.2, -0.15) is 0 Å². The number of benzene rings is 3. The molecule has 0 radical (unpaired) electrons. The quantitative estimate of drug-likeness (QED) is 0.592. The van der Waals surface area contributed by atoms with Gasteiger partial charge in [-0.3, -0.25) is 14.4 Å². The number of methoxy groups -OCH3 is 1. The number of hydrogen-bond donors (Lipinski definition) is 1. The fraction of sp³-hybridized carbons (Fsp3) is 0.208. The predicted molar refractivity (Wildman–Crippen MR) is 118 cm³/mol. The SMILES string of the molecule is CCN(C(=O)c1ccc(NC(=O)CCC(=O)OC)cc1)c1cccc2ccccc12. The highest BCUT2D eigenvalue weighted by Gasteiger charge is 2.18. The molecule has 0 atom stereocenters. The van der Waals surface area contributed by atoms with Gasteiger partial charge in [0, 0.05) is 29.6 Å². The molecule has 0 bridgehead atoms. The number of nitrogens with one attached hydrogen (secondary N) is 1. The van der Waals surface area contributed by atoms with Crippen molar-refractivity contribution in [3.05, 3.63) is 72.3 Å². The first-order valence-corrected chi connectivity index (χ1v) is 9.80. The topological polar surface area (TPSA) is 75.7 Å². The highest BCUT2D eigenvalue weighted by Crippen LogP contribution is 2.28. The first kappa shape index (κ1) is 21.0. The molecule has 0 aliphatic carbocycles. The van der Waals surface area contributed by atoms with Crippen molar-refractivity contribution < 1.29 is 19.1 Å². The van der Waals surface area contributed by atoms with Gasteiger partial charge in [0.2, 0.25) is 5.91 Å². The normalized spacial score (nSPS) is 10.5. The van der Waals surface area contributed by atoms with Crippen molar-refractivity contribution in [2.75, 3.05) is 23.9 Å². The zero-order valence-electron chi connectivity index (χ0n) is 17.1. The molecule has 0 unspecified atom stereocenters. The van der Waals surface area contributed by atoms with Gasteiger partial charge < -0.3 is 15.0 Å². The number of esters is 1. The predicted octanol–water partition coefficient (Wildman–Crippen LogP) is 4.40. The Kier molecular flexibility index (Phi) is 6.80. The smallest absolute Gasteiger partial charge is 0.306 e. The third-order valence-electron chi connectivity index (χ3n) is 4.82. The van der Waals surface area contributed by atoms with Crippen molar-refractivity contribution in [2.45, 2.75) is 19.8 Å². The summed E-state index contributed by atoms with van der Waals surface area (Å²) in [5, 5.41) is 4.81. The summed E-state index contributed by atoms with van der Waals surface area (Å²) in [7, 11) is 1.29. The van der Waals surface area contributed by atoms with Crippen LogP contribution in [0.5, 0.6) is 0 Å². The summed E-state index contributed by atoms with van der Waals surface area (Å²) in [4.78, 5) is 38.0. The Morgan fingerprint density at radius 1 is 0.900 bits per heavy atom. The number of ether oxygens (including phenoxy) is 1. The second-order valence-electron chi connectivity index (χ2n) is 6.75. The zero-order valence-corrected chi connectivity index (χ0v) is 17.1. The highest BCUT2D eigenvalue weighted by atomic mass is 16.5. The van der Waals surface area contributed by atoms with Crippen LogP contribution in [0.25, 0.3) is 10.8 Å². The zero-order chi connectivity index (χ0) is 21.5. The molecule has 0 spiro atoms. The first-order chi connectivity index (χ1) is 14.5. The highest BCUT2D eigenvalue weighted by molar-refractivity contribution is 6.11. The van der Waals surface area contributed by atoms with Crippen LogP contribution in [0.3, 0.4) is 0 Å². The molecule has 3 aromatic rings. The molecule has 3 aromatic carbocycles. The number of carbonyl (C=O) groups is 3. The summed E-state index contributed by atoms with van der Waals surface area (Å²) in [6, 6.07) is 20.6. The van der Waals surface area contributed by atoms with E-state index in [1.54, 1.807) is 29.2 Å². The van der Waals surface area contributed by atoms with Crippen LogP contribution in [0.15, 0.2) is 66.7 Å². The molecule has 154 valence electrons. The third kappa shape index (κ3) is 4.84. The number of carbonyl (C=O) groups excluding carboxylic acids is 3. The first-order valence-electron chi connectivity index (χ1n) is 9.80. The van der Waals surface area contributed by atoms with E-state index in [9.17, 15) is 14.4 Å². The Hall–Kier alpha value is -3.67. The van der Waals surface area contributed by atoms with Crippen molar-refractivity contribution in [3.8, 4) is 0 Å². The number of fused-ring (bicyclic) bond motifs is 1. The molecule has 0 fully saturated rings. The van der Waals surface area contributed by atoms with E-state index < -0.39 is 5.97 Å². The summed E-state index contributed by atoms with van der Waals surface area (Å²) in [6.07, 6.45) is 0.0629. The van der Waals surface area contributed by atoms with Crippen molar-refractivity contribution in [3.63, 3.8) is 0 Å². The Balaban J connectivity index is 1.74. The largest absolute Gasteiger partial charge is 0.469 e. The number of rotatable bonds is 7. The maximum atomic E-state index is 13.2. The minimum atomic E-state index is -0.431. The molecule has 1 N–H and O–H groups in total. The molecular weight excluding hydrogens is 380 g/mol. The lowest BCUT2D eigenvalue weighted by Crippen LogP contribution is -2.30. The molecular formula is C24H24N2O4. The van der Waals surface area contributed by atoms with Crippen molar-refractivity contribution in [2.24, 2.45) is 0 Å². The minimum Gasteiger partial charge on any atom is -0.469 e. The number of hydrogen-bond acceptors (Lipinski definition) is 4. The Morgan fingerprint density at radius 3 is 2.30 bits per heavy atom. The second-order valence-corrected chi connectivity index (χ2v) is 6.75. The van der Waals surface area contributed by atoms with Gasteiger partial charge in [-0.1, -0.05) is 36.4 Å². The van der Waals surface area contributed by atoms with Crippen LogP contribution < -0.4 is 10.2 Å². The van der Waals surface area contributed by atoms with E-state index in [1.165, 1.54) is 7.11 Å². The van der Waals surface area contributed by atoms with Crippen molar-refractivity contribution >= 4 is 39.9 Å². The number of amides is 2. The van der Waals surface area contributed by atoms with E-state index in [-0.39, 0.29) is 24.7 Å². The van der Waals surface area contributed by atoms with Gasteiger partial charge in [0.05, 0.1) is 19.2 Å². The van der Waals surface area contributed by atoms with Gasteiger partial charge in [0.15, 0.2) is 0 Å². The molecule has 0 aliphatic rings. The van der Waals surface area contributed by atoms with E-state index in [2.05, 4.69) is 10.1 Å². The van der Waals surface area contributed by atoms with Gasteiger partial charge in [0.1, 0.15) is 0 Å². The van der Waals surface area contributed by atoms with E-state index in [0.717, 1.165) is 16.5 Å².